The number of piperidine rings is 1. The second-order valence-corrected chi connectivity index (χ2v) is 6.52. The van der Waals surface area contributed by atoms with Crippen molar-refractivity contribution in [1.29, 1.82) is 0 Å². The molecular formula is C16H21N5O3. The number of rotatable bonds is 3. The molecule has 2 aromatic rings. The number of amides is 1. The Morgan fingerprint density at radius 3 is 3.08 bits per heavy atom. The van der Waals surface area contributed by atoms with Gasteiger partial charge in [0.15, 0.2) is 0 Å². The van der Waals surface area contributed by atoms with Crippen LogP contribution in [0.15, 0.2) is 10.7 Å². The number of ether oxygens (including phenoxy) is 1. The first kappa shape index (κ1) is 15.3. The van der Waals surface area contributed by atoms with E-state index in [1.165, 1.54) is 0 Å². The number of aryl methyl sites for hydroxylation is 2. The van der Waals surface area contributed by atoms with E-state index in [4.69, 9.17) is 9.26 Å². The van der Waals surface area contributed by atoms with Gasteiger partial charge in [0.2, 0.25) is 5.91 Å². The third-order valence-corrected chi connectivity index (χ3v) is 5.05. The third kappa shape index (κ3) is 2.60. The number of aromatic nitrogens is 4. The predicted molar refractivity (Wildman–Crippen MR) is 83.1 cm³/mol. The monoisotopic (exact) mass is 331 g/mol. The second-order valence-electron chi connectivity index (χ2n) is 6.52. The maximum atomic E-state index is 12.6. The highest BCUT2D eigenvalue weighted by molar-refractivity contribution is 5.76. The minimum absolute atomic E-state index is 0.0630. The number of hydrogen-bond donors (Lipinski definition) is 0. The first-order chi connectivity index (χ1) is 11.6. The zero-order valence-corrected chi connectivity index (χ0v) is 13.9. The molecule has 0 aliphatic carbocycles. The lowest BCUT2D eigenvalue weighted by Gasteiger charge is -2.41. The molecule has 1 amide bonds. The molecule has 0 spiro atoms. The molecule has 2 aliphatic heterocycles. The Morgan fingerprint density at radius 2 is 2.29 bits per heavy atom. The zero-order valence-electron chi connectivity index (χ0n) is 13.9. The topological polar surface area (TPSA) is 86.3 Å². The number of carbonyl (C=O) groups is 1. The van der Waals surface area contributed by atoms with Crippen molar-refractivity contribution in [3.8, 4) is 0 Å². The van der Waals surface area contributed by atoms with Crippen LogP contribution < -0.4 is 0 Å². The second kappa shape index (κ2) is 6.01. The molecule has 24 heavy (non-hydrogen) atoms. The molecule has 4 heterocycles. The summed E-state index contributed by atoms with van der Waals surface area (Å²) in [5, 5.41) is 12.1. The lowest BCUT2D eigenvalue weighted by molar-refractivity contribution is -0.138. The maximum absolute atomic E-state index is 12.6. The zero-order chi connectivity index (χ0) is 16.7. The molecule has 1 fully saturated rings. The number of nitrogens with zero attached hydrogens (tertiary/aromatic N) is 5. The molecule has 2 atom stereocenters. The average molecular weight is 331 g/mol. The van der Waals surface area contributed by atoms with E-state index in [1.807, 2.05) is 23.4 Å². The summed E-state index contributed by atoms with van der Waals surface area (Å²) in [5.74, 6) is 0.952. The number of likely N-dealkylation sites (tertiary alicyclic amines) is 1. The Labute approximate surface area is 139 Å². The van der Waals surface area contributed by atoms with Crippen LogP contribution >= 0.6 is 0 Å². The van der Waals surface area contributed by atoms with Crippen molar-refractivity contribution in [2.24, 2.45) is 0 Å². The van der Waals surface area contributed by atoms with Gasteiger partial charge in [0.05, 0.1) is 36.3 Å². The number of carbonyl (C=O) groups excluding carboxylic acids is 1. The summed E-state index contributed by atoms with van der Waals surface area (Å²) in [6.45, 7) is 5.70. The summed E-state index contributed by atoms with van der Waals surface area (Å²) in [6.07, 6.45) is 3.81. The van der Waals surface area contributed by atoms with E-state index >= 15 is 0 Å². The van der Waals surface area contributed by atoms with Gasteiger partial charge in [0.25, 0.3) is 0 Å². The standard InChI is InChI=1S/C16H21N5O3/c1-10-13(11(2)24-18-10)3-4-16(22)20-6-5-15-14(8-20)21-12(9-23-15)7-17-19-21/h7,14-15H,3-6,8-9H2,1-2H3/t14-,15-/m1/s1. The van der Waals surface area contributed by atoms with Crippen LogP contribution in [0.3, 0.4) is 0 Å². The Morgan fingerprint density at radius 1 is 1.42 bits per heavy atom. The van der Waals surface area contributed by atoms with E-state index < -0.39 is 0 Å². The molecule has 1 saturated heterocycles. The van der Waals surface area contributed by atoms with E-state index in [9.17, 15) is 4.79 Å². The molecule has 0 unspecified atom stereocenters. The first-order valence-electron chi connectivity index (χ1n) is 8.33. The molecule has 8 nitrogen and oxygen atoms in total. The van der Waals surface area contributed by atoms with Gasteiger partial charge in [-0.2, -0.15) is 0 Å². The van der Waals surface area contributed by atoms with Crippen LogP contribution in [0.1, 0.15) is 41.6 Å². The van der Waals surface area contributed by atoms with Crippen LogP contribution in [0.2, 0.25) is 0 Å². The lowest BCUT2D eigenvalue weighted by atomic mass is 9.99. The van der Waals surface area contributed by atoms with Crippen molar-refractivity contribution in [2.45, 2.75) is 51.9 Å². The molecule has 2 aromatic heterocycles. The van der Waals surface area contributed by atoms with Gasteiger partial charge in [-0.05, 0) is 26.7 Å². The highest BCUT2D eigenvalue weighted by atomic mass is 16.5. The maximum Gasteiger partial charge on any atom is 0.222 e. The van der Waals surface area contributed by atoms with Gasteiger partial charge in [0, 0.05) is 25.1 Å². The van der Waals surface area contributed by atoms with Crippen LogP contribution in [-0.2, 0) is 22.6 Å². The number of hydrogen-bond acceptors (Lipinski definition) is 6. The minimum atomic E-state index is 0.0630. The van der Waals surface area contributed by atoms with Gasteiger partial charge < -0.3 is 14.2 Å². The van der Waals surface area contributed by atoms with Crippen molar-refractivity contribution in [1.82, 2.24) is 25.1 Å². The Hall–Kier alpha value is -2.22. The highest BCUT2D eigenvalue weighted by Gasteiger charge is 2.37. The largest absolute Gasteiger partial charge is 0.370 e. The van der Waals surface area contributed by atoms with Crippen molar-refractivity contribution in [3.63, 3.8) is 0 Å². The summed E-state index contributed by atoms with van der Waals surface area (Å²) in [6, 6.07) is 0.0630. The fraction of sp³-hybridized carbons (Fsp3) is 0.625. The molecule has 128 valence electrons. The number of fused-ring (bicyclic) bond motifs is 3. The van der Waals surface area contributed by atoms with Crippen LogP contribution in [0.5, 0.6) is 0 Å². The lowest BCUT2D eigenvalue weighted by Crippen LogP contribution is -2.49. The minimum Gasteiger partial charge on any atom is -0.370 e. The molecule has 0 aromatic carbocycles. The van der Waals surface area contributed by atoms with Crippen molar-refractivity contribution in [2.75, 3.05) is 13.1 Å². The quantitative estimate of drug-likeness (QED) is 0.840. The van der Waals surface area contributed by atoms with Crippen molar-refractivity contribution >= 4 is 5.91 Å². The summed E-state index contributed by atoms with van der Waals surface area (Å²) < 4.78 is 13.0. The van der Waals surface area contributed by atoms with E-state index in [1.54, 1.807) is 6.20 Å². The third-order valence-electron chi connectivity index (χ3n) is 5.05. The Kier molecular flexibility index (Phi) is 3.84. The normalized spacial score (nSPS) is 23.0. The van der Waals surface area contributed by atoms with Gasteiger partial charge in [-0.3, -0.25) is 4.79 Å². The van der Waals surface area contributed by atoms with Gasteiger partial charge in [-0.25, -0.2) is 4.68 Å². The first-order valence-corrected chi connectivity index (χ1v) is 8.33. The molecule has 4 rings (SSSR count). The van der Waals surface area contributed by atoms with Gasteiger partial charge in [0.1, 0.15) is 5.76 Å². The average Bonchev–Trinajstić information content (AvgIpc) is 3.19. The van der Waals surface area contributed by atoms with Gasteiger partial charge >= 0.3 is 0 Å². The fourth-order valence-electron chi connectivity index (χ4n) is 3.65. The predicted octanol–water partition coefficient (Wildman–Crippen LogP) is 1.19. The SMILES string of the molecule is Cc1noc(C)c1CCC(=O)N1CC[C@H]2OCc3cnnn3[C@@H]2C1. The molecule has 0 saturated carbocycles. The summed E-state index contributed by atoms with van der Waals surface area (Å²) in [5.41, 5.74) is 2.88. The molecule has 0 N–H and O–H groups in total. The summed E-state index contributed by atoms with van der Waals surface area (Å²) in [4.78, 5) is 14.5. The molecule has 2 aliphatic rings. The van der Waals surface area contributed by atoms with E-state index in [2.05, 4.69) is 15.5 Å². The molecule has 0 radical (unpaired) electrons. The van der Waals surface area contributed by atoms with Crippen molar-refractivity contribution in [3.05, 3.63) is 28.9 Å². The van der Waals surface area contributed by atoms with Crippen LogP contribution in [0, 0.1) is 13.8 Å². The molecular weight excluding hydrogens is 310 g/mol. The fourth-order valence-corrected chi connectivity index (χ4v) is 3.65. The van der Waals surface area contributed by atoms with Crippen molar-refractivity contribution < 1.29 is 14.1 Å². The van der Waals surface area contributed by atoms with Crippen LogP contribution in [0.25, 0.3) is 0 Å². The summed E-state index contributed by atoms with van der Waals surface area (Å²) >= 11 is 0. The Balaban J connectivity index is 1.42. The van der Waals surface area contributed by atoms with Gasteiger partial charge in [-0.15, -0.1) is 5.10 Å². The van der Waals surface area contributed by atoms with E-state index in [0.29, 0.717) is 26.0 Å². The molecule has 8 heteroatoms. The van der Waals surface area contributed by atoms with Gasteiger partial charge in [-0.1, -0.05) is 10.4 Å². The highest BCUT2D eigenvalue weighted by Crippen LogP contribution is 2.30. The van der Waals surface area contributed by atoms with Crippen LogP contribution in [0.4, 0.5) is 0 Å². The smallest absolute Gasteiger partial charge is 0.222 e. The van der Waals surface area contributed by atoms with E-state index in [-0.39, 0.29) is 18.1 Å². The summed E-state index contributed by atoms with van der Waals surface area (Å²) in [7, 11) is 0. The Bertz CT molecular complexity index is 733. The molecule has 0 bridgehead atoms. The van der Waals surface area contributed by atoms with Crippen LogP contribution in [-0.4, -0.2) is 50.2 Å². The van der Waals surface area contributed by atoms with E-state index in [0.717, 1.165) is 35.7 Å².